The maximum Gasteiger partial charge on any atom is 0.255 e. The van der Waals surface area contributed by atoms with Gasteiger partial charge in [0.15, 0.2) is 11.5 Å². The van der Waals surface area contributed by atoms with Crippen LogP contribution in [0.1, 0.15) is 27.6 Å². The Morgan fingerprint density at radius 1 is 1.11 bits per heavy atom. The van der Waals surface area contributed by atoms with E-state index in [1.807, 2.05) is 6.92 Å². The first-order chi connectivity index (χ1) is 12.8. The SMILES string of the molecule is CCOc1c(Cl)cc(C(=O)Nc2ccc(C(=O)N(C)C)c(Cl)c2)cc1OC. The molecule has 0 saturated carbocycles. The number of methoxy groups -OCH3 is 1. The van der Waals surface area contributed by atoms with Gasteiger partial charge >= 0.3 is 0 Å². The number of rotatable bonds is 6. The predicted molar refractivity (Wildman–Crippen MR) is 107 cm³/mol. The average molecular weight is 411 g/mol. The van der Waals surface area contributed by atoms with Gasteiger partial charge in [0, 0.05) is 25.3 Å². The first kappa shape index (κ1) is 20.9. The second-order valence-electron chi connectivity index (χ2n) is 5.77. The number of hydrogen-bond acceptors (Lipinski definition) is 4. The molecular weight excluding hydrogens is 391 g/mol. The van der Waals surface area contributed by atoms with Crippen molar-refractivity contribution < 1.29 is 19.1 Å². The van der Waals surface area contributed by atoms with Crippen LogP contribution in [0, 0.1) is 0 Å². The van der Waals surface area contributed by atoms with E-state index in [4.69, 9.17) is 32.7 Å². The van der Waals surface area contributed by atoms with Crippen LogP contribution in [0.5, 0.6) is 11.5 Å². The van der Waals surface area contributed by atoms with Crippen molar-refractivity contribution in [1.82, 2.24) is 4.90 Å². The third-order valence-electron chi connectivity index (χ3n) is 3.64. The lowest BCUT2D eigenvalue weighted by Gasteiger charge is -2.14. The number of anilines is 1. The Labute approximate surface area is 168 Å². The summed E-state index contributed by atoms with van der Waals surface area (Å²) >= 11 is 12.4. The molecule has 0 spiro atoms. The number of ether oxygens (including phenoxy) is 2. The highest BCUT2D eigenvalue weighted by Gasteiger charge is 2.17. The number of hydrogen-bond donors (Lipinski definition) is 1. The van der Waals surface area contributed by atoms with E-state index in [9.17, 15) is 9.59 Å². The molecule has 144 valence electrons. The monoisotopic (exact) mass is 410 g/mol. The van der Waals surface area contributed by atoms with Crippen molar-refractivity contribution in [2.45, 2.75) is 6.92 Å². The maximum atomic E-state index is 12.6. The zero-order valence-corrected chi connectivity index (χ0v) is 16.9. The summed E-state index contributed by atoms with van der Waals surface area (Å²) in [6.07, 6.45) is 0. The van der Waals surface area contributed by atoms with Crippen LogP contribution in [-0.2, 0) is 0 Å². The third kappa shape index (κ3) is 4.84. The zero-order valence-electron chi connectivity index (χ0n) is 15.4. The number of nitrogens with one attached hydrogen (secondary N) is 1. The van der Waals surface area contributed by atoms with E-state index in [0.29, 0.717) is 34.9 Å². The smallest absolute Gasteiger partial charge is 0.255 e. The van der Waals surface area contributed by atoms with Gasteiger partial charge in [0.2, 0.25) is 0 Å². The lowest BCUT2D eigenvalue weighted by Crippen LogP contribution is -2.22. The quantitative estimate of drug-likeness (QED) is 0.767. The molecule has 0 bridgehead atoms. The van der Waals surface area contributed by atoms with Crippen LogP contribution in [0.25, 0.3) is 0 Å². The lowest BCUT2D eigenvalue weighted by molar-refractivity contribution is 0.0827. The largest absolute Gasteiger partial charge is 0.493 e. The van der Waals surface area contributed by atoms with Crippen LogP contribution in [0.4, 0.5) is 5.69 Å². The van der Waals surface area contributed by atoms with Crippen LogP contribution in [0.3, 0.4) is 0 Å². The molecule has 0 aliphatic heterocycles. The third-order valence-corrected chi connectivity index (χ3v) is 4.24. The van der Waals surface area contributed by atoms with Crippen molar-refractivity contribution in [3.05, 3.63) is 51.5 Å². The van der Waals surface area contributed by atoms with Crippen molar-refractivity contribution in [3.63, 3.8) is 0 Å². The Balaban J connectivity index is 2.26. The molecule has 0 atom stereocenters. The molecule has 8 heteroatoms. The number of carbonyl (C=O) groups excluding carboxylic acids is 2. The summed E-state index contributed by atoms with van der Waals surface area (Å²) in [5.41, 5.74) is 1.10. The number of nitrogens with zero attached hydrogens (tertiary/aromatic N) is 1. The highest BCUT2D eigenvalue weighted by Crippen LogP contribution is 2.36. The molecule has 1 N–H and O–H groups in total. The summed E-state index contributed by atoms with van der Waals surface area (Å²) in [5, 5.41) is 3.24. The number of carbonyl (C=O) groups is 2. The van der Waals surface area contributed by atoms with E-state index in [0.717, 1.165) is 0 Å². The lowest BCUT2D eigenvalue weighted by atomic mass is 10.1. The molecule has 0 aliphatic carbocycles. The van der Waals surface area contributed by atoms with Gasteiger partial charge in [0.25, 0.3) is 11.8 Å². The van der Waals surface area contributed by atoms with Crippen molar-refractivity contribution in [3.8, 4) is 11.5 Å². The van der Waals surface area contributed by atoms with E-state index in [1.165, 1.54) is 30.2 Å². The minimum Gasteiger partial charge on any atom is -0.493 e. The van der Waals surface area contributed by atoms with Gasteiger partial charge in [-0.15, -0.1) is 0 Å². The first-order valence-corrected chi connectivity index (χ1v) is 8.87. The van der Waals surface area contributed by atoms with E-state index in [-0.39, 0.29) is 16.0 Å². The molecule has 0 aliphatic rings. The summed E-state index contributed by atoms with van der Waals surface area (Å²) < 4.78 is 10.7. The highest BCUT2D eigenvalue weighted by molar-refractivity contribution is 6.34. The van der Waals surface area contributed by atoms with Crippen molar-refractivity contribution in [2.75, 3.05) is 33.1 Å². The summed E-state index contributed by atoms with van der Waals surface area (Å²) in [7, 11) is 4.74. The molecular formula is C19H20Cl2N2O4. The normalized spacial score (nSPS) is 10.3. The van der Waals surface area contributed by atoms with Crippen LogP contribution >= 0.6 is 23.2 Å². The Morgan fingerprint density at radius 3 is 2.37 bits per heavy atom. The van der Waals surface area contributed by atoms with Gasteiger partial charge in [-0.2, -0.15) is 0 Å². The van der Waals surface area contributed by atoms with Crippen molar-refractivity contribution in [1.29, 1.82) is 0 Å². The van der Waals surface area contributed by atoms with Gasteiger partial charge in [-0.3, -0.25) is 9.59 Å². The van der Waals surface area contributed by atoms with Crippen LogP contribution in [-0.4, -0.2) is 44.5 Å². The van der Waals surface area contributed by atoms with Crippen LogP contribution < -0.4 is 14.8 Å². The molecule has 2 aromatic rings. The molecule has 0 unspecified atom stereocenters. The molecule has 2 aromatic carbocycles. The first-order valence-electron chi connectivity index (χ1n) is 8.11. The molecule has 2 amide bonds. The second kappa shape index (κ2) is 8.97. The van der Waals surface area contributed by atoms with Crippen LogP contribution in [0.2, 0.25) is 10.0 Å². The van der Waals surface area contributed by atoms with Crippen molar-refractivity contribution in [2.24, 2.45) is 0 Å². The molecule has 6 nitrogen and oxygen atoms in total. The Morgan fingerprint density at radius 2 is 1.81 bits per heavy atom. The highest BCUT2D eigenvalue weighted by atomic mass is 35.5. The standard InChI is InChI=1S/C19H20Cl2N2O4/c1-5-27-17-15(21)8-11(9-16(17)26-4)18(24)22-12-6-7-13(14(20)10-12)19(25)23(2)3/h6-10H,5H2,1-4H3,(H,22,24). The molecule has 0 fully saturated rings. The molecule has 27 heavy (non-hydrogen) atoms. The molecule has 2 rings (SSSR count). The predicted octanol–water partition coefficient (Wildman–Crippen LogP) is 4.35. The van der Waals surface area contributed by atoms with Gasteiger partial charge in [-0.25, -0.2) is 0 Å². The second-order valence-corrected chi connectivity index (χ2v) is 6.59. The molecule has 0 saturated heterocycles. The van der Waals surface area contributed by atoms with Gasteiger partial charge in [-0.1, -0.05) is 23.2 Å². The fourth-order valence-electron chi connectivity index (χ4n) is 2.35. The topological polar surface area (TPSA) is 67.9 Å². The summed E-state index contributed by atoms with van der Waals surface area (Å²) in [5.74, 6) is 0.120. The number of halogens is 2. The Bertz CT molecular complexity index is 869. The number of benzene rings is 2. The summed E-state index contributed by atoms with van der Waals surface area (Å²) in [6.45, 7) is 2.24. The Kier molecular flexibility index (Phi) is 6.93. The molecule has 0 aromatic heterocycles. The van der Waals surface area contributed by atoms with Gasteiger partial charge in [-0.05, 0) is 37.3 Å². The Hall–Kier alpha value is -2.44. The summed E-state index contributed by atoms with van der Waals surface area (Å²) in [6, 6.07) is 7.72. The minimum absolute atomic E-state index is 0.221. The van der Waals surface area contributed by atoms with E-state index in [1.54, 1.807) is 26.2 Å². The molecule has 0 heterocycles. The van der Waals surface area contributed by atoms with Crippen molar-refractivity contribution >= 4 is 40.7 Å². The van der Waals surface area contributed by atoms with Gasteiger partial charge < -0.3 is 19.7 Å². The number of amides is 2. The average Bonchev–Trinajstić information content (AvgIpc) is 2.62. The van der Waals surface area contributed by atoms with Crippen LogP contribution in [0.15, 0.2) is 30.3 Å². The fourth-order valence-corrected chi connectivity index (χ4v) is 2.87. The fraction of sp³-hybridized carbons (Fsp3) is 0.263. The summed E-state index contributed by atoms with van der Waals surface area (Å²) in [4.78, 5) is 26.0. The van der Waals surface area contributed by atoms with Gasteiger partial charge in [0.1, 0.15) is 0 Å². The zero-order chi connectivity index (χ0) is 20.1. The van der Waals surface area contributed by atoms with Gasteiger partial charge in [0.05, 0.1) is 29.3 Å². The van der Waals surface area contributed by atoms with E-state index < -0.39 is 5.91 Å². The molecule has 0 radical (unpaired) electrons. The maximum absolute atomic E-state index is 12.6. The van der Waals surface area contributed by atoms with E-state index >= 15 is 0 Å². The minimum atomic E-state index is -0.402. The van der Waals surface area contributed by atoms with E-state index in [2.05, 4.69) is 5.32 Å².